The Hall–Kier alpha value is -1.78. The summed E-state index contributed by atoms with van der Waals surface area (Å²) in [4.78, 5) is 0. The fourth-order valence-electron chi connectivity index (χ4n) is 1.63. The van der Waals surface area contributed by atoms with Gasteiger partial charge < -0.3 is 0 Å². The maximum absolute atomic E-state index is 8.87. The highest BCUT2D eigenvalue weighted by molar-refractivity contribution is 6.30. The van der Waals surface area contributed by atoms with Crippen molar-refractivity contribution in [2.75, 3.05) is 0 Å². The van der Waals surface area contributed by atoms with Crippen molar-refractivity contribution in [2.45, 2.75) is 6.92 Å². The second-order valence-corrected chi connectivity index (χ2v) is 4.08. The number of nitriles is 1. The topological polar surface area (TPSA) is 23.8 Å². The van der Waals surface area contributed by atoms with E-state index in [2.05, 4.69) is 6.07 Å². The summed E-state index contributed by atoms with van der Waals surface area (Å²) in [7, 11) is 0. The maximum atomic E-state index is 8.87. The number of halogens is 1. The fraction of sp³-hybridized carbons (Fsp3) is 0.0714. The van der Waals surface area contributed by atoms with E-state index in [0.29, 0.717) is 5.56 Å². The number of hydrogen-bond acceptors (Lipinski definition) is 1. The third kappa shape index (κ3) is 2.08. The first-order chi connectivity index (χ1) is 7.70. The van der Waals surface area contributed by atoms with Gasteiger partial charge in [-0.05, 0) is 47.9 Å². The maximum Gasteiger partial charge on any atom is 0.0991 e. The van der Waals surface area contributed by atoms with Gasteiger partial charge in [-0.2, -0.15) is 5.26 Å². The Morgan fingerprint density at radius 2 is 1.75 bits per heavy atom. The molecule has 0 bridgehead atoms. The van der Waals surface area contributed by atoms with Crippen LogP contribution in [0.2, 0.25) is 5.02 Å². The van der Waals surface area contributed by atoms with Crippen LogP contribution in [0.4, 0.5) is 0 Å². The van der Waals surface area contributed by atoms with Gasteiger partial charge >= 0.3 is 0 Å². The molecule has 0 N–H and O–H groups in total. The Morgan fingerprint density at radius 3 is 2.38 bits per heavy atom. The molecule has 2 rings (SSSR count). The minimum Gasteiger partial charge on any atom is -0.192 e. The smallest absolute Gasteiger partial charge is 0.0991 e. The van der Waals surface area contributed by atoms with Crippen molar-refractivity contribution in [2.24, 2.45) is 0 Å². The summed E-state index contributed by atoms with van der Waals surface area (Å²) in [6.07, 6.45) is 0. The summed E-state index contributed by atoms with van der Waals surface area (Å²) in [5.74, 6) is 0. The summed E-state index contributed by atoms with van der Waals surface area (Å²) in [5, 5.41) is 9.59. The first kappa shape index (κ1) is 10.7. The van der Waals surface area contributed by atoms with Gasteiger partial charge in [-0.15, -0.1) is 0 Å². The Balaban J connectivity index is 2.55. The SMILES string of the molecule is Cc1ccc(C#N)cc1-c1ccc(Cl)cc1. The van der Waals surface area contributed by atoms with Crippen LogP contribution in [-0.4, -0.2) is 0 Å². The normalized spacial score (nSPS) is 9.81. The van der Waals surface area contributed by atoms with Crippen LogP contribution in [0.5, 0.6) is 0 Å². The number of hydrogen-bond donors (Lipinski definition) is 0. The van der Waals surface area contributed by atoms with Crippen molar-refractivity contribution in [1.82, 2.24) is 0 Å². The first-order valence-corrected chi connectivity index (χ1v) is 5.35. The second kappa shape index (κ2) is 4.38. The monoisotopic (exact) mass is 227 g/mol. The Morgan fingerprint density at radius 1 is 1.06 bits per heavy atom. The zero-order chi connectivity index (χ0) is 11.5. The van der Waals surface area contributed by atoms with E-state index >= 15 is 0 Å². The van der Waals surface area contributed by atoms with Gasteiger partial charge in [-0.1, -0.05) is 29.8 Å². The van der Waals surface area contributed by atoms with Gasteiger partial charge in [0.25, 0.3) is 0 Å². The third-order valence-corrected chi connectivity index (χ3v) is 2.77. The molecule has 0 aliphatic rings. The van der Waals surface area contributed by atoms with Crippen LogP contribution in [0.15, 0.2) is 42.5 Å². The van der Waals surface area contributed by atoms with Crippen LogP contribution in [-0.2, 0) is 0 Å². The lowest BCUT2D eigenvalue weighted by Gasteiger charge is -2.06. The molecule has 0 fully saturated rings. The van der Waals surface area contributed by atoms with Gasteiger partial charge in [0.05, 0.1) is 11.6 Å². The fourth-order valence-corrected chi connectivity index (χ4v) is 1.76. The van der Waals surface area contributed by atoms with Crippen LogP contribution in [0, 0.1) is 18.3 Å². The molecule has 0 saturated carbocycles. The van der Waals surface area contributed by atoms with Crippen LogP contribution >= 0.6 is 11.6 Å². The van der Waals surface area contributed by atoms with Gasteiger partial charge in [0.1, 0.15) is 0 Å². The summed E-state index contributed by atoms with van der Waals surface area (Å²) in [6.45, 7) is 2.03. The number of nitrogens with zero attached hydrogens (tertiary/aromatic N) is 1. The lowest BCUT2D eigenvalue weighted by molar-refractivity contribution is 1.42. The summed E-state index contributed by atoms with van der Waals surface area (Å²) in [5.41, 5.74) is 3.99. The van der Waals surface area contributed by atoms with Crippen LogP contribution in [0.25, 0.3) is 11.1 Å². The average Bonchev–Trinajstić information content (AvgIpc) is 2.31. The molecule has 0 aliphatic heterocycles. The largest absolute Gasteiger partial charge is 0.192 e. The molecule has 0 unspecified atom stereocenters. The zero-order valence-electron chi connectivity index (χ0n) is 8.87. The third-order valence-electron chi connectivity index (χ3n) is 2.52. The molecule has 0 heterocycles. The average molecular weight is 228 g/mol. The van der Waals surface area contributed by atoms with Crippen molar-refractivity contribution in [3.05, 3.63) is 58.6 Å². The van der Waals surface area contributed by atoms with E-state index < -0.39 is 0 Å². The minimum absolute atomic E-state index is 0.676. The molecule has 2 aromatic rings. The summed E-state index contributed by atoms with van der Waals surface area (Å²) in [6, 6.07) is 15.5. The van der Waals surface area contributed by atoms with Gasteiger partial charge in [-0.3, -0.25) is 0 Å². The molecule has 0 saturated heterocycles. The van der Waals surface area contributed by atoms with E-state index in [1.54, 1.807) is 0 Å². The van der Waals surface area contributed by atoms with E-state index in [-0.39, 0.29) is 0 Å². The molecular formula is C14H10ClN. The lowest BCUT2D eigenvalue weighted by Crippen LogP contribution is -1.85. The predicted octanol–water partition coefficient (Wildman–Crippen LogP) is 4.19. The van der Waals surface area contributed by atoms with Crippen molar-refractivity contribution >= 4 is 11.6 Å². The molecule has 1 nitrogen and oxygen atoms in total. The number of aryl methyl sites for hydroxylation is 1. The highest BCUT2D eigenvalue weighted by Crippen LogP contribution is 2.25. The molecule has 0 amide bonds. The molecule has 2 heteroatoms. The molecule has 2 aromatic carbocycles. The van der Waals surface area contributed by atoms with E-state index in [9.17, 15) is 0 Å². The Labute approximate surface area is 99.9 Å². The Bertz CT molecular complexity index is 550. The molecule has 0 radical (unpaired) electrons. The van der Waals surface area contributed by atoms with Crippen molar-refractivity contribution in [1.29, 1.82) is 5.26 Å². The summed E-state index contributed by atoms with van der Waals surface area (Å²) < 4.78 is 0. The molecule has 0 spiro atoms. The zero-order valence-corrected chi connectivity index (χ0v) is 9.62. The van der Waals surface area contributed by atoms with Crippen LogP contribution in [0.3, 0.4) is 0 Å². The highest BCUT2D eigenvalue weighted by atomic mass is 35.5. The Kier molecular flexibility index (Phi) is 2.94. The molecule has 16 heavy (non-hydrogen) atoms. The molecular weight excluding hydrogens is 218 g/mol. The van der Waals surface area contributed by atoms with Crippen molar-refractivity contribution in [3.63, 3.8) is 0 Å². The molecule has 78 valence electrons. The molecule has 0 aliphatic carbocycles. The lowest BCUT2D eigenvalue weighted by atomic mass is 9.98. The number of benzene rings is 2. The standard InChI is InChI=1S/C14H10ClN/c1-10-2-3-11(9-16)8-14(10)12-4-6-13(15)7-5-12/h2-8H,1H3. The minimum atomic E-state index is 0.676. The van der Waals surface area contributed by atoms with Gasteiger partial charge in [-0.25, -0.2) is 0 Å². The van der Waals surface area contributed by atoms with E-state index in [1.807, 2.05) is 49.4 Å². The summed E-state index contributed by atoms with van der Waals surface area (Å²) >= 11 is 5.85. The van der Waals surface area contributed by atoms with Gasteiger partial charge in [0.15, 0.2) is 0 Å². The highest BCUT2D eigenvalue weighted by Gasteiger charge is 2.03. The van der Waals surface area contributed by atoms with Gasteiger partial charge in [0, 0.05) is 5.02 Å². The molecule has 0 aromatic heterocycles. The van der Waals surface area contributed by atoms with E-state index in [1.165, 1.54) is 0 Å². The van der Waals surface area contributed by atoms with Crippen molar-refractivity contribution in [3.8, 4) is 17.2 Å². The number of rotatable bonds is 1. The van der Waals surface area contributed by atoms with E-state index in [0.717, 1.165) is 21.7 Å². The first-order valence-electron chi connectivity index (χ1n) is 4.97. The van der Waals surface area contributed by atoms with Gasteiger partial charge in [0.2, 0.25) is 0 Å². The van der Waals surface area contributed by atoms with Crippen LogP contribution in [0.1, 0.15) is 11.1 Å². The second-order valence-electron chi connectivity index (χ2n) is 3.65. The predicted molar refractivity (Wildman–Crippen MR) is 66.3 cm³/mol. The van der Waals surface area contributed by atoms with Crippen LogP contribution < -0.4 is 0 Å². The quantitative estimate of drug-likeness (QED) is 0.717. The van der Waals surface area contributed by atoms with Crippen molar-refractivity contribution < 1.29 is 0 Å². The molecule has 0 atom stereocenters. The van der Waals surface area contributed by atoms with E-state index in [4.69, 9.17) is 16.9 Å².